The lowest BCUT2D eigenvalue weighted by Gasteiger charge is -2.45. The van der Waals surface area contributed by atoms with E-state index in [0.717, 1.165) is 25.7 Å². The maximum absolute atomic E-state index is 11.9. The molecule has 2 amide bonds. The van der Waals surface area contributed by atoms with E-state index < -0.39 is 0 Å². The van der Waals surface area contributed by atoms with Gasteiger partial charge in [0, 0.05) is 6.54 Å². The molecule has 19 heavy (non-hydrogen) atoms. The van der Waals surface area contributed by atoms with Crippen molar-refractivity contribution in [2.75, 3.05) is 6.54 Å². The third-order valence-electron chi connectivity index (χ3n) is 5.60. The lowest BCUT2D eigenvalue weighted by molar-refractivity contribution is 0.0834. The molecule has 1 aliphatic carbocycles. The number of hydrogen-bond acceptors (Lipinski definition) is 2. The standard InChI is InChI=1S/C15H27N3O/c1-5-14(3,4)11-7-9-15(10-8-11)12(16)17-13(19)18(15)6-2/h11H,5-10H2,1-4H3,(H2,16,17,19). The molecule has 0 unspecified atom stereocenters. The highest BCUT2D eigenvalue weighted by Gasteiger charge is 2.52. The van der Waals surface area contributed by atoms with Crippen LogP contribution >= 0.6 is 0 Å². The molecule has 0 radical (unpaired) electrons. The zero-order chi connectivity index (χ0) is 14.3. The van der Waals surface area contributed by atoms with Gasteiger partial charge in [-0.15, -0.1) is 0 Å². The van der Waals surface area contributed by atoms with Crippen molar-refractivity contribution in [1.82, 2.24) is 10.2 Å². The first-order chi connectivity index (χ1) is 8.87. The highest BCUT2D eigenvalue weighted by atomic mass is 16.2. The number of carbonyl (C=O) groups excluding carboxylic acids is 1. The summed E-state index contributed by atoms with van der Waals surface area (Å²) in [5, 5.41) is 10.9. The minimum atomic E-state index is -0.327. The fourth-order valence-electron chi connectivity index (χ4n) is 3.75. The van der Waals surface area contributed by atoms with Gasteiger partial charge in [0.05, 0.1) is 0 Å². The second-order valence-corrected chi connectivity index (χ2v) is 6.70. The van der Waals surface area contributed by atoms with Gasteiger partial charge in [0.25, 0.3) is 0 Å². The van der Waals surface area contributed by atoms with Crippen LogP contribution in [0.25, 0.3) is 0 Å². The summed E-state index contributed by atoms with van der Waals surface area (Å²) in [6.45, 7) is 9.64. The molecule has 1 spiro atoms. The molecule has 0 aromatic heterocycles. The third kappa shape index (κ3) is 2.15. The van der Waals surface area contributed by atoms with Gasteiger partial charge in [-0.05, 0) is 43.9 Å². The van der Waals surface area contributed by atoms with Crippen LogP contribution < -0.4 is 5.32 Å². The van der Waals surface area contributed by atoms with Crippen molar-refractivity contribution in [1.29, 1.82) is 5.41 Å². The van der Waals surface area contributed by atoms with Gasteiger partial charge in [-0.25, -0.2) is 4.79 Å². The monoisotopic (exact) mass is 265 g/mol. The molecule has 4 heteroatoms. The van der Waals surface area contributed by atoms with Gasteiger partial charge in [0.2, 0.25) is 0 Å². The SMILES string of the molecule is CCN1C(=O)NC(=N)C12CCC(C(C)(C)CC)CC2. The van der Waals surface area contributed by atoms with Gasteiger partial charge in [0.1, 0.15) is 11.4 Å². The van der Waals surface area contributed by atoms with Crippen LogP contribution in [0.4, 0.5) is 4.79 Å². The average Bonchev–Trinajstić information content (AvgIpc) is 2.61. The summed E-state index contributed by atoms with van der Waals surface area (Å²) in [5.74, 6) is 1.14. The van der Waals surface area contributed by atoms with Crippen LogP contribution in [0, 0.1) is 16.7 Å². The lowest BCUT2D eigenvalue weighted by atomic mass is 9.65. The number of likely N-dealkylation sites (N-methyl/N-ethyl adjacent to an activating group) is 1. The topological polar surface area (TPSA) is 56.2 Å². The number of nitrogens with one attached hydrogen (secondary N) is 2. The maximum atomic E-state index is 11.9. The summed E-state index contributed by atoms with van der Waals surface area (Å²) in [5.41, 5.74) is 0.0447. The molecule has 2 N–H and O–H groups in total. The van der Waals surface area contributed by atoms with Crippen LogP contribution in [0.5, 0.6) is 0 Å². The second-order valence-electron chi connectivity index (χ2n) is 6.70. The van der Waals surface area contributed by atoms with Gasteiger partial charge < -0.3 is 4.90 Å². The number of carbonyl (C=O) groups is 1. The summed E-state index contributed by atoms with van der Waals surface area (Å²) in [7, 11) is 0. The van der Waals surface area contributed by atoms with E-state index in [2.05, 4.69) is 26.1 Å². The van der Waals surface area contributed by atoms with Gasteiger partial charge in [-0.1, -0.05) is 27.2 Å². The summed E-state index contributed by atoms with van der Waals surface area (Å²) in [6.07, 6.45) is 5.30. The molecule has 2 aliphatic rings. The number of amidine groups is 1. The Morgan fingerprint density at radius 2 is 1.95 bits per heavy atom. The van der Waals surface area contributed by atoms with E-state index in [1.54, 1.807) is 0 Å². The van der Waals surface area contributed by atoms with Crippen LogP contribution in [0.1, 0.15) is 59.8 Å². The molecule has 4 nitrogen and oxygen atoms in total. The summed E-state index contributed by atoms with van der Waals surface area (Å²) < 4.78 is 0. The highest BCUT2D eigenvalue weighted by Crippen LogP contribution is 2.46. The molecule has 1 aliphatic heterocycles. The highest BCUT2D eigenvalue weighted by molar-refractivity contribution is 6.08. The molecule has 1 saturated heterocycles. The Morgan fingerprint density at radius 1 is 1.37 bits per heavy atom. The Balaban J connectivity index is 2.14. The van der Waals surface area contributed by atoms with Crippen LogP contribution in [0.2, 0.25) is 0 Å². The minimum absolute atomic E-state index is 0.0827. The first-order valence-electron chi connectivity index (χ1n) is 7.55. The van der Waals surface area contributed by atoms with Crippen molar-refractivity contribution >= 4 is 11.9 Å². The predicted molar refractivity (Wildman–Crippen MR) is 77.4 cm³/mol. The number of urea groups is 1. The van der Waals surface area contributed by atoms with E-state index in [4.69, 9.17) is 5.41 Å². The summed E-state index contributed by atoms with van der Waals surface area (Å²) >= 11 is 0. The van der Waals surface area contributed by atoms with Crippen molar-refractivity contribution in [2.45, 2.75) is 65.3 Å². The number of rotatable bonds is 3. The van der Waals surface area contributed by atoms with Gasteiger partial charge in [-0.2, -0.15) is 0 Å². The van der Waals surface area contributed by atoms with Crippen LogP contribution in [-0.2, 0) is 0 Å². The largest absolute Gasteiger partial charge is 0.323 e. The predicted octanol–water partition coefficient (Wildman–Crippen LogP) is 3.37. The van der Waals surface area contributed by atoms with Crippen molar-refractivity contribution in [3.63, 3.8) is 0 Å². The van der Waals surface area contributed by atoms with Crippen LogP contribution in [0.3, 0.4) is 0 Å². The van der Waals surface area contributed by atoms with E-state index >= 15 is 0 Å². The second kappa shape index (κ2) is 4.80. The molecule has 1 saturated carbocycles. The Bertz CT molecular complexity index is 381. The van der Waals surface area contributed by atoms with Gasteiger partial charge in [0.15, 0.2) is 0 Å². The smallest absolute Gasteiger partial charge is 0.312 e. The molecular formula is C15H27N3O. The first kappa shape index (κ1) is 14.4. The zero-order valence-electron chi connectivity index (χ0n) is 12.7. The van der Waals surface area contributed by atoms with Crippen molar-refractivity contribution in [2.24, 2.45) is 11.3 Å². The van der Waals surface area contributed by atoms with Crippen LogP contribution in [0.15, 0.2) is 0 Å². The van der Waals surface area contributed by atoms with Gasteiger partial charge in [-0.3, -0.25) is 10.7 Å². The Morgan fingerprint density at radius 3 is 2.42 bits per heavy atom. The quantitative estimate of drug-likeness (QED) is 0.807. The number of hydrogen-bond donors (Lipinski definition) is 2. The summed E-state index contributed by atoms with van der Waals surface area (Å²) in [4.78, 5) is 13.8. The van der Waals surface area contributed by atoms with Crippen molar-refractivity contribution in [3.8, 4) is 0 Å². The van der Waals surface area contributed by atoms with Crippen molar-refractivity contribution in [3.05, 3.63) is 0 Å². The van der Waals surface area contributed by atoms with E-state index in [9.17, 15) is 4.79 Å². The van der Waals surface area contributed by atoms with E-state index in [-0.39, 0.29) is 11.6 Å². The normalized spacial score (nSPS) is 32.0. The third-order valence-corrected chi connectivity index (χ3v) is 5.60. The Hall–Kier alpha value is -1.06. The number of amides is 2. The molecule has 0 aromatic carbocycles. The van der Waals surface area contributed by atoms with E-state index in [1.807, 2.05) is 11.8 Å². The van der Waals surface area contributed by atoms with E-state index in [1.165, 1.54) is 6.42 Å². The van der Waals surface area contributed by atoms with Crippen LogP contribution in [-0.4, -0.2) is 28.9 Å². The maximum Gasteiger partial charge on any atom is 0.323 e. The number of nitrogens with zero attached hydrogens (tertiary/aromatic N) is 1. The minimum Gasteiger partial charge on any atom is -0.312 e. The fraction of sp³-hybridized carbons (Fsp3) is 0.867. The first-order valence-corrected chi connectivity index (χ1v) is 7.55. The van der Waals surface area contributed by atoms with Gasteiger partial charge >= 0.3 is 6.03 Å². The fourth-order valence-corrected chi connectivity index (χ4v) is 3.75. The average molecular weight is 265 g/mol. The van der Waals surface area contributed by atoms with Crippen molar-refractivity contribution < 1.29 is 4.79 Å². The molecule has 0 atom stereocenters. The molecule has 2 rings (SSSR count). The molecule has 0 aromatic rings. The lowest BCUT2D eigenvalue weighted by Crippen LogP contribution is -2.52. The van der Waals surface area contributed by atoms with E-state index in [0.29, 0.717) is 23.7 Å². The molecule has 2 fully saturated rings. The molecule has 108 valence electrons. The Labute approximate surface area is 116 Å². The zero-order valence-corrected chi connectivity index (χ0v) is 12.7. The molecular weight excluding hydrogens is 238 g/mol. The Kier molecular flexibility index (Phi) is 3.63. The molecule has 1 heterocycles. The molecule has 0 bridgehead atoms. The summed E-state index contributed by atoms with van der Waals surface area (Å²) in [6, 6.07) is -0.0827.